The second kappa shape index (κ2) is 7.49. The first-order chi connectivity index (χ1) is 10.6. The standard InChI is InChI=1S/C16H19NO5/c1-11-14(10-16(18)19)17-15(22-11)4-3-9-21-13-7-5-12(20-2)6-8-13/h5-8H,3-4,9-10H2,1-2H3,(H,18,19). The minimum absolute atomic E-state index is 0.113. The molecule has 118 valence electrons. The number of hydrogen-bond donors (Lipinski definition) is 1. The van der Waals surface area contributed by atoms with Gasteiger partial charge < -0.3 is 19.0 Å². The number of carbonyl (C=O) groups is 1. The summed E-state index contributed by atoms with van der Waals surface area (Å²) < 4.78 is 16.1. The summed E-state index contributed by atoms with van der Waals surface area (Å²) in [5.41, 5.74) is 0.485. The van der Waals surface area contributed by atoms with E-state index in [1.54, 1.807) is 14.0 Å². The van der Waals surface area contributed by atoms with Crippen LogP contribution in [0, 0.1) is 6.92 Å². The molecular formula is C16H19NO5. The van der Waals surface area contributed by atoms with Gasteiger partial charge in [-0.15, -0.1) is 0 Å². The van der Waals surface area contributed by atoms with Crippen LogP contribution >= 0.6 is 0 Å². The number of aromatic nitrogens is 1. The third kappa shape index (κ3) is 4.51. The number of nitrogens with zero attached hydrogens (tertiary/aromatic N) is 1. The normalized spacial score (nSPS) is 10.5. The molecule has 2 rings (SSSR count). The highest BCUT2D eigenvalue weighted by atomic mass is 16.5. The van der Waals surface area contributed by atoms with Crippen LogP contribution in [0.3, 0.4) is 0 Å². The largest absolute Gasteiger partial charge is 0.497 e. The fraction of sp³-hybridized carbons (Fsp3) is 0.375. The van der Waals surface area contributed by atoms with E-state index >= 15 is 0 Å². The first-order valence-corrected chi connectivity index (χ1v) is 7.02. The molecule has 1 aromatic heterocycles. The summed E-state index contributed by atoms with van der Waals surface area (Å²) in [6.07, 6.45) is 1.23. The van der Waals surface area contributed by atoms with Gasteiger partial charge in [0, 0.05) is 6.42 Å². The van der Waals surface area contributed by atoms with Crippen LogP contribution in [0.25, 0.3) is 0 Å². The van der Waals surface area contributed by atoms with E-state index in [2.05, 4.69) is 4.98 Å². The van der Waals surface area contributed by atoms with Crippen molar-refractivity contribution < 1.29 is 23.8 Å². The molecule has 0 amide bonds. The predicted octanol–water partition coefficient (Wildman–Crippen LogP) is 2.63. The van der Waals surface area contributed by atoms with E-state index in [0.717, 1.165) is 17.9 Å². The minimum atomic E-state index is -0.911. The van der Waals surface area contributed by atoms with Crippen molar-refractivity contribution in [2.45, 2.75) is 26.2 Å². The van der Waals surface area contributed by atoms with Crippen LogP contribution < -0.4 is 9.47 Å². The average molecular weight is 305 g/mol. The molecule has 0 atom stereocenters. The summed E-state index contributed by atoms with van der Waals surface area (Å²) in [5.74, 6) is 1.76. The van der Waals surface area contributed by atoms with Crippen molar-refractivity contribution in [2.75, 3.05) is 13.7 Å². The first kappa shape index (κ1) is 15.9. The smallest absolute Gasteiger partial charge is 0.309 e. The number of carboxylic acid groups (broad SMARTS) is 1. The van der Waals surface area contributed by atoms with Gasteiger partial charge in [0.1, 0.15) is 17.3 Å². The molecule has 0 bridgehead atoms. The lowest BCUT2D eigenvalue weighted by atomic mass is 10.3. The van der Waals surface area contributed by atoms with Crippen LogP contribution in [0.2, 0.25) is 0 Å². The van der Waals surface area contributed by atoms with Crippen molar-refractivity contribution >= 4 is 5.97 Å². The Hall–Kier alpha value is -2.50. The number of oxazole rings is 1. The average Bonchev–Trinajstić information content (AvgIpc) is 2.84. The topological polar surface area (TPSA) is 81.8 Å². The number of aryl methyl sites for hydroxylation is 2. The lowest BCUT2D eigenvalue weighted by Gasteiger charge is -2.06. The van der Waals surface area contributed by atoms with E-state index in [9.17, 15) is 4.79 Å². The van der Waals surface area contributed by atoms with Crippen molar-refractivity contribution in [2.24, 2.45) is 0 Å². The molecular weight excluding hydrogens is 286 g/mol. The molecule has 0 aliphatic rings. The predicted molar refractivity (Wildman–Crippen MR) is 79.4 cm³/mol. The number of ether oxygens (including phenoxy) is 2. The van der Waals surface area contributed by atoms with Crippen LogP contribution in [0.15, 0.2) is 28.7 Å². The van der Waals surface area contributed by atoms with Gasteiger partial charge in [-0.25, -0.2) is 4.98 Å². The van der Waals surface area contributed by atoms with Gasteiger partial charge in [0.25, 0.3) is 0 Å². The Balaban J connectivity index is 1.77. The zero-order valence-electron chi connectivity index (χ0n) is 12.7. The molecule has 0 radical (unpaired) electrons. The molecule has 6 heteroatoms. The SMILES string of the molecule is COc1ccc(OCCCc2nc(CC(=O)O)c(C)o2)cc1. The molecule has 0 aliphatic carbocycles. The minimum Gasteiger partial charge on any atom is -0.497 e. The highest BCUT2D eigenvalue weighted by Crippen LogP contribution is 2.17. The van der Waals surface area contributed by atoms with E-state index < -0.39 is 5.97 Å². The lowest BCUT2D eigenvalue weighted by molar-refractivity contribution is -0.136. The van der Waals surface area contributed by atoms with E-state index in [1.807, 2.05) is 24.3 Å². The third-order valence-electron chi connectivity index (χ3n) is 3.12. The molecule has 1 aromatic carbocycles. The van der Waals surface area contributed by atoms with Crippen molar-refractivity contribution in [3.05, 3.63) is 41.6 Å². The van der Waals surface area contributed by atoms with Gasteiger partial charge in [0.05, 0.1) is 25.8 Å². The summed E-state index contributed by atoms with van der Waals surface area (Å²) in [6, 6.07) is 7.37. The quantitative estimate of drug-likeness (QED) is 0.755. The fourth-order valence-electron chi connectivity index (χ4n) is 1.99. The van der Waals surface area contributed by atoms with Gasteiger partial charge in [-0.2, -0.15) is 0 Å². The highest BCUT2D eigenvalue weighted by molar-refractivity contribution is 5.69. The summed E-state index contributed by atoms with van der Waals surface area (Å²) in [4.78, 5) is 14.9. The summed E-state index contributed by atoms with van der Waals surface area (Å²) >= 11 is 0. The van der Waals surface area contributed by atoms with Gasteiger partial charge in [-0.3, -0.25) is 4.79 Å². The van der Waals surface area contributed by atoms with Gasteiger partial charge in [0.15, 0.2) is 5.89 Å². The summed E-state index contributed by atoms with van der Waals surface area (Å²) in [5, 5.41) is 8.77. The van der Waals surface area contributed by atoms with E-state index in [1.165, 1.54) is 0 Å². The Labute approximate surface area is 128 Å². The second-order valence-corrected chi connectivity index (χ2v) is 4.81. The maximum atomic E-state index is 10.7. The van der Waals surface area contributed by atoms with E-state index in [-0.39, 0.29) is 6.42 Å². The van der Waals surface area contributed by atoms with E-state index in [4.69, 9.17) is 19.0 Å². The molecule has 6 nitrogen and oxygen atoms in total. The maximum Gasteiger partial charge on any atom is 0.309 e. The number of benzene rings is 1. The van der Waals surface area contributed by atoms with Crippen LogP contribution in [0.1, 0.15) is 23.8 Å². The van der Waals surface area contributed by atoms with Crippen LogP contribution in [0.4, 0.5) is 0 Å². The van der Waals surface area contributed by atoms with Crippen molar-refractivity contribution in [3.63, 3.8) is 0 Å². The Morgan fingerprint density at radius 3 is 2.59 bits per heavy atom. The zero-order chi connectivity index (χ0) is 15.9. The summed E-state index contributed by atoms with van der Waals surface area (Å²) in [6.45, 7) is 2.25. The Bertz CT molecular complexity index is 618. The molecule has 1 N–H and O–H groups in total. The van der Waals surface area contributed by atoms with E-state index in [0.29, 0.717) is 30.4 Å². The monoisotopic (exact) mass is 305 g/mol. The Morgan fingerprint density at radius 1 is 1.27 bits per heavy atom. The molecule has 0 saturated heterocycles. The Kier molecular flexibility index (Phi) is 5.41. The molecule has 1 heterocycles. The molecule has 0 unspecified atom stereocenters. The highest BCUT2D eigenvalue weighted by Gasteiger charge is 2.12. The van der Waals surface area contributed by atoms with Gasteiger partial charge in [-0.1, -0.05) is 0 Å². The van der Waals surface area contributed by atoms with Gasteiger partial charge >= 0.3 is 5.97 Å². The Morgan fingerprint density at radius 2 is 1.95 bits per heavy atom. The lowest BCUT2D eigenvalue weighted by Crippen LogP contribution is -2.02. The molecule has 0 fully saturated rings. The first-order valence-electron chi connectivity index (χ1n) is 7.02. The molecule has 0 aliphatic heterocycles. The number of carboxylic acids is 1. The number of rotatable bonds is 8. The molecule has 0 spiro atoms. The number of aliphatic carboxylic acids is 1. The van der Waals surface area contributed by atoms with Crippen molar-refractivity contribution in [1.29, 1.82) is 0 Å². The van der Waals surface area contributed by atoms with Crippen LogP contribution in [0.5, 0.6) is 11.5 Å². The molecule has 0 saturated carbocycles. The molecule has 2 aromatic rings. The van der Waals surface area contributed by atoms with Crippen LogP contribution in [-0.2, 0) is 17.6 Å². The summed E-state index contributed by atoms with van der Waals surface area (Å²) in [7, 11) is 1.62. The van der Waals surface area contributed by atoms with Crippen molar-refractivity contribution in [3.8, 4) is 11.5 Å². The van der Waals surface area contributed by atoms with Gasteiger partial charge in [-0.05, 0) is 37.6 Å². The van der Waals surface area contributed by atoms with Crippen molar-refractivity contribution in [1.82, 2.24) is 4.98 Å². The fourth-order valence-corrected chi connectivity index (χ4v) is 1.99. The van der Waals surface area contributed by atoms with Crippen LogP contribution in [-0.4, -0.2) is 29.8 Å². The molecule has 22 heavy (non-hydrogen) atoms. The maximum absolute atomic E-state index is 10.7. The second-order valence-electron chi connectivity index (χ2n) is 4.81. The zero-order valence-corrected chi connectivity index (χ0v) is 12.7. The number of methoxy groups -OCH3 is 1. The van der Waals surface area contributed by atoms with Gasteiger partial charge in [0.2, 0.25) is 0 Å². The third-order valence-corrected chi connectivity index (χ3v) is 3.12. The number of hydrogen-bond acceptors (Lipinski definition) is 5.